The van der Waals surface area contributed by atoms with Crippen LogP contribution in [0, 0.1) is 0 Å². The summed E-state index contributed by atoms with van der Waals surface area (Å²) in [7, 11) is 1.50. The van der Waals surface area contributed by atoms with Gasteiger partial charge < -0.3 is 24.3 Å². The summed E-state index contributed by atoms with van der Waals surface area (Å²) < 4.78 is 22.3. The molecule has 2 aliphatic heterocycles. The van der Waals surface area contributed by atoms with Gasteiger partial charge in [-0.2, -0.15) is 0 Å². The number of amides is 2. The van der Waals surface area contributed by atoms with E-state index in [1.807, 2.05) is 18.2 Å². The molecule has 1 saturated heterocycles. The van der Waals surface area contributed by atoms with Gasteiger partial charge in [0.05, 0.1) is 29.3 Å². The number of hydrogen-bond donors (Lipinski definition) is 1. The van der Waals surface area contributed by atoms with E-state index >= 15 is 0 Å². The summed E-state index contributed by atoms with van der Waals surface area (Å²) in [5.74, 6) is 1.58. The van der Waals surface area contributed by atoms with Gasteiger partial charge in [0, 0.05) is 0 Å². The number of para-hydroxylation sites is 1. The number of thiocarbonyl (C=S) groups is 1. The minimum absolute atomic E-state index is 0.186. The van der Waals surface area contributed by atoms with Crippen LogP contribution < -0.4 is 24.3 Å². The van der Waals surface area contributed by atoms with Crippen LogP contribution in [-0.2, 0) is 16.1 Å². The molecule has 0 aliphatic carbocycles. The minimum Gasteiger partial charge on any atom is -0.493 e. The van der Waals surface area contributed by atoms with Crippen LogP contribution in [0.4, 0.5) is 5.69 Å². The van der Waals surface area contributed by atoms with Crippen LogP contribution in [0.25, 0.3) is 6.08 Å². The SMILES string of the molecule is COc1cc(/C=C2\SC(=S)N(Cc3ccc4c(c3)OCO4)C2=O)ccc1OCC(=O)Nc1ccccc1Cl. The number of nitrogens with zero attached hydrogens (tertiary/aromatic N) is 1. The predicted molar refractivity (Wildman–Crippen MR) is 150 cm³/mol. The number of benzene rings is 3. The Hall–Kier alpha value is -3.73. The number of ether oxygens (including phenoxy) is 4. The molecule has 0 unspecified atom stereocenters. The van der Waals surface area contributed by atoms with Crippen molar-refractivity contribution in [2.45, 2.75) is 6.54 Å². The van der Waals surface area contributed by atoms with Gasteiger partial charge in [0.15, 0.2) is 29.6 Å². The summed E-state index contributed by atoms with van der Waals surface area (Å²) in [6.45, 7) is 0.274. The fourth-order valence-corrected chi connectivity index (χ4v) is 5.23. The van der Waals surface area contributed by atoms with Crippen molar-refractivity contribution < 1.29 is 28.5 Å². The smallest absolute Gasteiger partial charge is 0.266 e. The second kappa shape index (κ2) is 11.3. The molecule has 2 heterocycles. The number of rotatable bonds is 8. The van der Waals surface area contributed by atoms with E-state index in [0.29, 0.717) is 49.5 Å². The maximum Gasteiger partial charge on any atom is 0.266 e. The lowest BCUT2D eigenvalue weighted by molar-refractivity contribution is -0.122. The highest BCUT2D eigenvalue weighted by Gasteiger charge is 2.32. The van der Waals surface area contributed by atoms with Gasteiger partial charge in [-0.15, -0.1) is 0 Å². The summed E-state index contributed by atoms with van der Waals surface area (Å²) in [5.41, 5.74) is 2.10. The van der Waals surface area contributed by atoms with Gasteiger partial charge in [-0.25, -0.2) is 0 Å². The summed E-state index contributed by atoms with van der Waals surface area (Å²) in [5, 5.41) is 3.14. The van der Waals surface area contributed by atoms with Crippen molar-refractivity contribution in [1.82, 2.24) is 4.90 Å². The number of anilines is 1. The maximum atomic E-state index is 13.1. The molecule has 8 nitrogen and oxygen atoms in total. The topological polar surface area (TPSA) is 86.3 Å². The number of carbonyl (C=O) groups excluding carboxylic acids is 2. The lowest BCUT2D eigenvalue weighted by Crippen LogP contribution is -2.27. The molecule has 0 aromatic heterocycles. The van der Waals surface area contributed by atoms with E-state index in [1.165, 1.54) is 18.9 Å². The lowest BCUT2D eigenvalue weighted by Gasteiger charge is -2.14. The van der Waals surface area contributed by atoms with Crippen LogP contribution in [-0.4, -0.2) is 41.5 Å². The molecule has 1 N–H and O–H groups in total. The summed E-state index contributed by atoms with van der Waals surface area (Å²) in [6, 6.07) is 17.7. The number of nitrogens with one attached hydrogen (secondary N) is 1. The van der Waals surface area contributed by atoms with E-state index in [0.717, 1.165) is 11.1 Å². The van der Waals surface area contributed by atoms with E-state index in [2.05, 4.69) is 5.32 Å². The molecule has 0 saturated carbocycles. The van der Waals surface area contributed by atoms with E-state index < -0.39 is 0 Å². The van der Waals surface area contributed by atoms with Crippen molar-refractivity contribution in [2.24, 2.45) is 0 Å². The third kappa shape index (κ3) is 5.72. The Bertz CT molecular complexity index is 1460. The molecule has 38 heavy (non-hydrogen) atoms. The largest absolute Gasteiger partial charge is 0.493 e. The summed E-state index contributed by atoms with van der Waals surface area (Å²) in [4.78, 5) is 27.5. The standard InChI is InChI=1S/C27H21ClN2O6S2/c1-33-22-10-16(6-8-20(22)34-14-25(31)29-19-5-3-2-4-18(19)28)12-24-26(32)30(27(37)38-24)13-17-7-9-21-23(11-17)36-15-35-21/h2-12H,13-15H2,1H3,(H,29,31)/b24-12-. The molecule has 2 aliphatic rings. The van der Waals surface area contributed by atoms with E-state index in [9.17, 15) is 9.59 Å². The zero-order valence-electron chi connectivity index (χ0n) is 20.1. The van der Waals surface area contributed by atoms with Crippen molar-refractivity contribution in [1.29, 1.82) is 0 Å². The number of carbonyl (C=O) groups is 2. The first-order chi connectivity index (χ1) is 18.4. The number of thioether (sulfide) groups is 1. The fraction of sp³-hybridized carbons (Fsp3) is 0.148. The maximum absolute atomic E-state index is 13.1. The highest BCUT2D eigenvalue weighted by molar-refractivity contribution is 8.26. The first-order valence-electron chi connectivity index (χ1n) is 11.4. The molecule has 0 atom stereocenters. The van der Waals surface area contributed by atoms with E-state index in [4.69, 9.17) is 42.8 Å². The van der Waals surface area contributed by atoms with Gasteiger partial charge in [-0.3, -0.25) is 14.5 Å². The quantitative estimate of drug-likeness (QED) is 0.282. The summed E-state index contributed by atoms with van der Waals surface area (Å²) in [6.07, 6.45) is 1.75. The molecule has 194 valence electrons. The Morgan fingerprint density at radius 1 is 1.13 bits per heavy atom. The molecule has 0 radical (unpaired) electrons. The van der Waals surface area contributed by atoms with Crippen molar-refractivity contribution in [3.63, 3.8) is 0 Å². The van der Waals surface area contributed by atoms with Crippen molar-refractivity contribution in [3.8, 4) is 23.0 Å². The molecule has 0 bridgehead atoms. The van der Waals surface area contributed by atoms with Crippen LogP contribution >= 0.6 is 35.6 Å². The Morgan fingerprint density at radius 2 is 1.95 bits per heavy atom. The second-order valence-electron chi connectivity index (χ2n) is 8.18. The Labute approximate surface area is 233 Å². The molecule has 3 aromatic rings. The zero-order chi connectivity index (χ0) is 26.6. The second-order valence-corrected chi connectivity index (χ2v) is 10.3. The van der Waals surface area contributed by atoms with Crippen molar-refractivity contribution >= 4 is 63.5 Å². The molecular formula is C27H21ClN2O6S2. The molecule has 3 aromatic carbocycles. The molecule has 5 rings (SSSR count). The van der Waals surface area contributed by atoms with E-state index in [-0.39, 0.29) is 25.2 Å². The Morgan fingerprint density at radius 3 is 2.76 bits per heavy atom. The third-order valence-corrected chi connectivity index (χ3v) is 7.35. The Balaban J connectivity index is 1.24. The number of hydrogen-bond acceptors (Lipinski definition) is 8. The van der Waals surface area contributed by atoms with Crippen LogP contribution in [0.15, 0.2) is 65.6 Å². The van der Waals surface area contributed by atoms with Gasteiger partial charge in [0.25, 0.3) is 11.8 Å². The zero-order valence-corrected chi connectivity index (χ0v) is 22.5. The highest BCUT2D eigenvalue weighted by atomic mass is 35.5. The van der Waals surface area contributed by atoms with Gasteiger partial charge in [-0.05, 0) is 53.6 Å². The van der Waals surface area contributed by atoms with Crippen molar-refractivity contribution in [2.75, 3.05) is 25.8 Å². The van der Waals surface area contributed by atoms with Crippen LogP contribution in [0.1, 0.15) is 11.1 Å². The molecule has 2 amide bonds. The average Bonchev–Trinajstić information content (AvgIpc) is 3.48. The van der Waals surface area contributed by atoms with Gasteiger partial charge in [0.2, 0.25) is 6.79 Å². The fourth-order valence-electron chi connectivity index (χ4n) is 3.79. The van der Waals surface area contributed by atoms with Gasteiger partial charge in [0.1, 0.15) is 4.32 Å². The lowest BCUT2D eigenvalue weighted by atomic mass is 10.1. The van der Waals surface area contributed by atoms with Crippen LogP contribution in [0.3, 0.4) is 0 Å². The van der Waals surface area contributed by atoms with Crippen LogP contribution in [0.5, 0.6) is 23.0 Å². The van der Waals surface area contributed by atoms with Gasteiger partial charge >= 0.3 is 0 Å². The highest BCUT2D eigenvalue weighted by Crippen LogP contribution is 2.37. The number of methoxy groups -OCH3 is 1. The monoisotopic (exact) mass is 568 g/mol. The molecular weight excluding hydrogens is 548 g/mol. The normalized spacial score (nSPS) is 15.2. The molecule has 1 fully saturated rings. The third-order valence-electron chi connectivity index (χ3n) is 5.64. The van der Waals surface area contributed by atoms with E-state index in [1.54, 1.807) is 53.4 Å². The van der Waals surface area contributed by atoms with Gasteiger partial charge in [-0.1, -0.05) is 59.8 Å². The average molecular weight is 569 g/mol. The first kappa shape index (κ1) is 25.9. The minimum atomic E-state index is -0.365. The number of halogens is 1. The van der Waals surface area contributed by atoms with Crippen molar-refractivity contribution in [3.05, 3.63) is 81.7 Å². The number of fused-ring (bicyclic) bond motifs is 1. The molecule has 11 heteroatoms. The Kier molecular flexibility index (Phi) is 7.73. The molecule has 0 spiro atoms. The first-order valence-corrected chi connectivity index (χ1v) is 13.0. The van der Waals surface area contributed by atoms with Crippen LogP contribution in [0.2, 0.25) is 5.02 Å². The predicted octanol–water partition coefficient (Wildman–Crippen LogP) is 5.50. The summed E-state index contributed by atoms with van der Waals surface area (Å²) >= 11 is 12.8.